The maximum absolute atomic E-state index is 11.2. The Bertz CT molecular complexity index is 1180. The highest BCUT2D eigenvalue weighted by Crippen LogP contribution is 2.37. The number of halogens is 1. The molecule has 0 fully saturated rings. The molecule has 2 aliphatic rings. The quantitative estimate of drug-likeness (QED) is 0.356. The van der Waals surface area contributed by atoms with Crippen molar-refractivity contribution in [2.24, 2.45) is 0 Å². The summed E-state index contributed by atoms with van der Waals surface area (Å²) in [5, 5.41) is 23.9. The van der Waals surface area contributed by atoms with E-state index in [9.17, 15) is 10.4 Å². The van der Waals surface area contributed by atoms with Crippen molar-refractivity contribution in [1.82, 2.24) is 9.89 Å². The molecule has 8 heteroatoms. The van der Waals surface area contributed by atoms with Crippen molar-refractivity contribution in [2.45, 2.75) is 0 Å². The second kappa shape index (κ2) is 7.21. The van der Waals surface area contributed by atoms with E-state index in [1.54, 1.807) is 25.3 Å². The third kappa shape index (κ3) is 3.23. The molecule has 1 aliphatic heterocycles. The molecule has 0 aromatic heterocycles. The average Bonchev–Trinajstić information content (AvgIpc) is 2.71. The van der Waals surface area contributed by atoms with E-state index in [1.165, 1.54) is 12.1 Å². The molecule has 2 aromatic carbocycles. The summed E-state index contributed by atoms with van der Waals surface area (Å²) in [6.07, 6.45) is 0. The van der Waals surface area contributed by atoms with Gasteiger partial charge in [0.25, 0.3) is 0 Å². The summed E-state index contributed by atoms with van der Waals surface area (Å²) in [7, 11) is 1.58. The first kappa shape index (κ1) is 17.8. The number of hydrogen-bond donors (Lipinski definition) is 3. The molecule has 1 heterocycles. The van der Waals surface area contributed by atoms with Crippen LogP contribution in [0.1, 0.15) is 0 Å². The van der Waals surface area contributed by atoms with Crippen molar-refractivity contribution in [1.29, 1.82) is 0 Å². The number of aromatic amines is 1. The first-order valence-electron chi connectivity index (χ1n) is 8.44. The number of rotatable bonds is 4. The molecule has 1 aliphatic carbocycles. The first-order valence-corrected chi connectivity index (χ1v) is 8.82. The zero-order valence-electron chi connectivity index (χ0n) is 14.8. The first-order chi connectivity index (χ1) is 13.6. The molecular weight excluding hydrogens is 380 g/mol. The van der Waals surface area contributed by atoms with Gasteiger partial charge in [0, 0.05) is 28.1 Å². The van der Waals surface area contributed by atoms with Gasteiger partial charge in [0.15, 0.2) is 0 Å². The minimum absolute atomic E-state index is 0.00890. The van der Waals surface area contributed by atoms with Gasteiger partial charge in [-0.25, -0.2) is 0 Å². The lowest BCUT2D eigenvalue weighted by atomic mass is 10.0. The molecule has 2 aromatic rings. The number of hydrazine groups is 1. The van der Waals surface area contributed by atoms with Crippen LogP contribution in [0.2, 0.25) is 5.02 Å². The Balaban J connectivity index is 1.90. The molecule has 7 nitrogen and oxygen atoms in total. The van der Waals surface area contributed by atoms with Crippen molar-refractivity contribution >= 4 is 33.9 Å². The van der Waals surface area contributed by atoms with Crippen LogP contribution in [0.5, 0.6) is 5.75 Å². The molecule has 0 spiro atoms. The summed E-state index contributed by atoms with van der Waals surface area (Å²) in [6, 6.07) is 17.6. The fourth-order valence-electron chi connectivity index (χ4n) is 3.09. The van der Waals surface area contributed by atoms with Gasteiger partial charge in [-0.05, 0) is 36.4 Å². The fourth-order valence-corrected chi connectivity index (χ4v) is 3.21. The molecule has 0 saturated carbocycles. The number of hydrogen-bond acceptors (Lipinski definition) is 5. The number of H-pyrrole nitrogens is 1. The van der Waals surface area contributed by atoms with Crippen LogP contribution < -0.4 is 25.8 Å². The van der Waals surface area contributed by atoms with Crippen molar-refractivity contribution < 1.29 is 4.74 Å². The number of benzene rings is 3. The molecule has 3 N–H and O–H groups in total. The van der Waals surface area contributed by atoms with E-state index in [0.717, 1.165) is 27.8 Å². The van der Waals surface area contributed by atoms with Gasteiger partial charge >= 0.3 is 0 Å². The Kier molecular flexibility index (Phi) is 4.58. The highest BCUT2D eigenvalue weighted by molar-refractivity contribution is 6.30. The number of pyridine rings is 1. The Morgan fingerprint density at radius 2 is 1.79 bits per heavy atom. The van der Waals surface area contributed by atoms with E-state index in [-0.39, 0.29) is 5.36 Å². The Morgan fingerprint density at radius 1 is 1.00 bits per heavy atom. The minimum atomic E-state index is -0.418. The number of fused-ring (bicyclic) bond motifs is 2. The predicted molar refractivity (Wildman–Crippen MR) is 112 cm³/mol. The molecule has 4 rings (SSSR count). The molecule has 28 heavy (non-hydrogen) atoms. The van der Waals surface area contributed by atoms with Gasteiger partial charge in [0.05, 0.1) is 29.7 Å². The van der Waals surface area contributed by atoms with Crippen LogP contribution in [0, 0.1) is 10.4 Å². The maximum Gasteiger partial charge on any atom is 0.224 e. The molecule has 0 bridgehead atoms. The van der Waals surface area contributed by atoms with Crippen molar-refractivity contribution in [3.63, 3.8) is 0 Å². The number of aromatic nitrogens is 1. The van der Waals surface area contributed by atoms with Crippen LogP contribution in [-0.4, -0.2) is 12.1 Å². The standard InChI is InChI=1S/C20H16ClN4O3/c1-28-18-4-2-3-16-19(24-23-13-7-5-12(21)6-8-13)15-10-9-14(25(26)27)11-17(15)22-20(16)18/h2-11,22-24H,1H3/q-1. The van der Waals surface area contributed by atoms with Crippen LogP contribution in [0.25, 0.3) is 22.2 Å². The molecule has 0 saturated heterocycles. The highest BCUT2D eigenvalue weighted by atomic mass is 35.5. The van der Waals surface area contributed by atoms with Crippen LogP contribution >= 0.6 is 11.6 Å². The number of ether oxygens (including phenoxy) is 1. The second-order valence-electron chi connectivity index (χ2n) is 6.13. The van der Waals surface area contributed by atoms with Gasteiger partial charge in [0.2, 0.25) is 5.36 Å². The number of methoxy groups -OCH3 is 1. The van der Waals surface area contributed by atoms with E-state index in [4.69, 9.17) is 16.3 Å². The minimum Gasteiger partial charge on any atom is -0.612 e. The predicted octanol–water partition coefficient (Wildman–Crippen LogP) is 4.14. The van der Waals surface area contributed by atoms with Crippen molar-refractivity contribution in [2.75, 3.05) is 18.0 Å². The molecule has 0 atom stereocenters. The van der Waals surface area contributed by atoms with E-state index < -0.39 is 4.90 Å². The van der Waals surface area contributed by atoms with Crippen molar-refractivity contribution in [3.05, 3.63) is 81.5 Å². The third-order valence-electron chi connectivity index (χ3n) is 4.43. The highest BCUT2D eigenvalue weighted by Gasteiger charge is 2.16. The number of anilines is 2. The van der Waals surface area contributed by atoms with E-state index >= 15 is 0 Å². The second-order valence-corrected chi connectivity index (χ2v) is 6.56. The Labute approximate surface area is 165 Å². The summed E-state index contributed by atoms with van der Waals surface area (Å²) in [4.78, 5) is 2.84. The lowest BCUT2D eigenvalue weighted by Crippen LogP contribution is -2.19. The number of para-hydroxylation sites is 1. The van der Waals surface area contributed by atoms with E-state index in [1.807, 2.05) is 30.3 Å². The zero-order valence-corrected chi connectivity index (χ0v) is 15.6. The summed E-state index contributed by atoms with van der Waals surface area (Å²) in [5.74, 6) is 0.639. The number of nitrogens with one attached hydrogen (secondary N) is 3. The smallest absolute Gasteiger partial charge is 0.224 e. The zero-order chi connectivity index (χ0) is 19.7. The lowest BCUT2D eigenvalue weighted by Gasteiger charge is -2.19. The van der Waals surface area contributed by atoms with Gasteiger partial charge in [-0.1, -0.05) is 23.7 Å². The largest absolute Gasteiger partial charge is 0.612 e. The third-order valence-corrected chi connectivity index (χ3v) is 4.69. The van der Waals surface area contributed by atoms with Crippen LogP contribution in [0.4, 0.5) is 11.4 Å². The molecule has 0 unspecified atom stereocenters. The van der Waals surface area contributed by atoms with Crippen LogP contribution in [-0.2, 0) is 0 Å². The summed E-state index contributed by atoms with van der Waals surface area (Å²) in [6.45, 7) is 0. The van der Waals surface area contributed by atoms with Crippen LogP contribution in [0.3, 0.4) is 0 Å². The van der Waals surface area contributed by atoms with Crippen LogP contribution in [0.15, 0.2) is 60.7 Å². The van der Waals surface area contributed by atoms with E-state index in [2.05, 4.69) is 15.8 Å². The fraction of sp³-hybridized carbons (Fsp3) is 0.0500. The van der Waals surface area contributed by atoms with E-state index in [0.29, 0.717) is 16.5 Å². The van der Waals surface area contributed by atoms with Gasteiger partial charge in [0.1, 0.15) is 5.75 Å². The maximum atomic E-state index is 11.2. The topological polar surface area (TPSA) is 98.2 Å². The van der Waals surface area contributed by atoms with Gasteiger partial charge < -0.3 is 25.6 Å². The van der Waals surface area contributed by atoms with Gasteiger partial charge in [-0.15, -0.1) is 0 Å². The van der Waals surface area contributed by atoms with Crippen molar-refractivity contribution in [3.8, 4) is 17.0 Å². The SMILES string of the molecule is COc1cccc2c(NNc3ccc(Cl)cc3)c3ccc(=[N+]([O-])[O-])cc-3[nH]c12. The molecule has 0 amide bonds. The molecule has 0 radical (unpaired) electrons. The average molecular weight is 396 g/mol. The summed E-state index contributed by atoms with van der Waals surface area (Å²) in [5.41, 5.74) is 10.1. The molecule has 142 valence electrons. The Morgan fingerprint density at radius 3 is 2.50 bits per heavy atom. The Hall–Kier alpha value is -3.58. The summed E-state index contributed by atoms with van der Waals surface area (Å²) < 4.78 is 5.46. The normalized spacial score (nSPS) is 10.8. The number of nitrogens with zero attached hydrogens (tertiary/aromatic N) is 1. The van der Waals surface area contributed by atoms with Gasteiger partial charge in [-0.3, -0.25) is 5.43 Å². The van der Waals surface area contributed by atoms with Gasteiger partial charge in [-0.2, -0.15) is 4.90 Å². The monoisotopic (exact) mass is 395 g/mol. The lowest BCUT2D eigenvalue weighted by molar-refractivity contribution is 0.419. The molecular formula is C20H16ClN4O3-. The summed E-state index contributed by atoms with van der Waals surface area (Å²) >= 11 is 5.94.